The highest BCUT2D eigenvalue weighted by Crippen LogP contribution is 2.15. The molecule has 0 bridgehead atoms. The number of anilines is 1. The van der Waals surface area contributed by atoms with Gasteiger partial charge in [-0.15, -0.1) is 5.10 Å². The van der Waals surface area contributed by atoms with Gasteiger partial charge >= 0.3 is 5.97 Å². The van der Waals surface area contributed by atoms with Crippen molar-refractivity contribution >= 4 is 23.3 Å². The summed E-state index contributed by atoms with van der Waals surface area (Å²) in [5, 5.41) is 8.78. The van der Waals surface area contributed by atoms with E-state index in [9.17, 15) is 4.79 Å². The predicted octanol–water partition coefficient (Wildman–Crippen LogP) is 3.62. The summed E-state index contributed by atoms with van der Waals surface area (Å²) in [5.41, 5.74) is 3.98. The molecular weight excluding hydrogens is 364 g/mol. The number of rotatable bonds is 7. The molecular formula is C20H21ClN4O2. The highest BCUT2D eigenvalue weighted by molar-refractivity contribution is 6.30. The fourth-order valence-corrected chi connectivity index (χ4v) is 2.67. The third-order valence-corrected chi connectivity index (χ3v) is 4.32. The Morgan fingerprint density at radius 3 is 2.56 bits per heavy atom. The van der Waals surface area contributed by atoms with Crippen molar-refractivity contribution in [2.45, 2.75) is 26.6 Å². The van der Waals surface area contributed by atoms with Crippen LogP contribution in [0.25, 0.3) is 0 Å². The molecule has 1 aromatic heterocycles. The number of esters is 1. The van der Waals surface area contributed by atoms with Gasteiger partial charge in [0.05, 0.1) is 12.7 Å². The Morgan fingerprint density at radius 1 is 1.15 bits per heavy atom. The molecule has 0 radical (unpaired) electrons. The molecule has 0 atom stereocenters. The molecule has 6 nitrogen and oxygen atoms in total. The largest absolute Gasteiger partial charge is 0.459 e. The standard InChI is InChI=1S/C20H21ClN4O2/c1-15-3-9-19(10-4-15)24(2)11-18-12-25(23-22-18)13-20(26)27-14-16-5-7-17(21)8-6-16/h3-10,12H,11,13-14H2,1-2H3. The maximum atomic E-state index is 12.0. The quantitative estimate of drug-likeness (QED) is 0.582. The van der Waals surface area contributed by atoms with Crippen LogP contribution in [0, 0.1) is 6.92 Å². The number of nitrogens with zero attached hydrogens (tertiary/aromatic N) is 4. The van der Waals surface area contributed by atoms with Crippen LogP contribution in [0.3, 0.4) is 0 Å². The molecule has 0 spiro atoms. The second-order valence-corrected chi connectivity index (χ2v) is 6.82. The molecule has 7 heteroatoms. The van der Waals surface area contributed by atoms with Crippen molar-refractivity contribution in [2.24, 2.45) is 0 Å². The van der Waals surface area contributed by atoms with E-state index in [2.05, 4.69) is 46.4 Å². The predicted molar refractivity (Wildman–Crippen MR) is 105 cm³/mol. The monoisotopic (exact) mass is 384 g/mol. The topological polar surface area (TPSA) is 60.2 Å². The SMILES string of the molecule is Cc1ccc(N(C)Cc2cn(CC(=O)OCc3ccc(Cl)cc3)nn2)cc1. The van der Waals surface area contributed by atoms with E-state index in [1.54, 1.807) is 18.3 Å². The van der Waals surface area contributed by atoms with Gasteiger partial charge in [0, 0.05) is 17.8 Å². The lowest BCUT2D eigenvalue weighted by atomic mass is 10.2. The molecule has 140 valence electrons. The van der Waals surface area contributed by atoms with Crippen molar-refractivity contribution in [1.82, 2.24) is 15.0 Å². The highest BCUT2D eigenvalue weighted by Gasteiger charge is 2.10. The molecule has 0 amide bonds. The smallest absolute Gasteiger partial charge is 0.328 e. The maximum absolute atomic E-state index is 12.0. The molecule has 0 unspecified atom stereocenters. The molecule has 1 heterocycles. The Hall–Kier alpha value is -2.86. The Labute approximate surface area is 163 Å². The molecule has 27 heavy (non-hydrogen) atoms. The summed E-state index contributed by atoms with van der Waals surface area (Å²) >= 11 is 5.84. The first kappa shape index (κ1) is 18.9. The van der Waals surface area contributed by atoms with Gasteiger partial charge in [-0.1, -0.05) is 46.6 Å². The van der Waals surface area contributed by atoms with Gasteiger partial charge in [0.15, 0.2) is 0 Å². The molecule has 0 aliphatic heterocycles. The number of halogens is 1. The molecule has 0 saturated heterocycles. The van der Waals surface area contributed by atoms with E-state index >= 15 is 0 Å². The summed E-state index contributed by atoms with van der Waals surface area (Å²) in [6, 6.07) is 15.4. The van der Waals surface area contributed by atoms with E-state index in [0.717, 1.165) is 16.9 Å². The lowest BCUT2D eigenvalue weighted by molar-refractivity contribution is -0.145. The first-order valence-electron chi connectivity index (χ1n) is 8.56. The minimum atomic E-state index is -0.367. The lowest BCUT2D eigenvalue weighted by Crippen LogP contribution is -2.16. The maximum Gasteiger partial charge on any atom is 0.328 e. The van der Waals surface area contributed by atoms with Crippen LogP contribution in [-0.2, 0) is 29.2 Å². The van der Waals surface area contributed by atoms with Gasteiger partial charge in [-0.2, -0.15) is 0 Å². The lowest BCUT2D eigenvalue weighted by Gasteiger charge is -2.17. The zero-order chi connectivity index (χ0) is 19.2. The van der Waals surface area contributed by atoms with Crippen LogP contribution in [0.4, 0.5) is 5.69 Å². The van der Waals surface area contributed by atoms with E-state index in [4.69, 9.17) is 16.3 Å². The van der Waals surface area contributed by atoms with Gasteiger partial charge in [0.25, 0.3) is 0 Å². The Morgan fingerprint density at radius 2 is 1.85 bits per heavy atom. The summed E-state index contributed by atoms with van der Waals surface area (Å²) in [6.45, 7) is 2.88. The zero-order valence-electron chi connectivity index (χ0n) is 15.3. The van der Waals surface area contributed by atoms with Gasteiger partial charge in [-0.25, -0.2) is 4.68 Å². The summed E-state index contributed by atoms with van der Waals surface area (Å²) in [7, 11) is 1.99. The van der Waals surface area contributed by atoms with Crippen LogP contribution in [0.15, 0.2) is 54.7 Å². The van der Waals surface area contributed by atoms with E-state index in [0.29, 0.717) is 11.6 Å². The fourth-order valence-electron chi connectivity index (χ4n) is 2.54. The molecule has 0 aliphatic carbocycles. The average Bonchev–Trinajstić information content (AvgIpc) is 3.08. The summed E-state index contributed by atoms with van der Waals surface area (Å²) in [4.78, 5) is 14.1. The molecule has 0 fully saturated rings. The third kappa shape index (κ3) is 5.56. The number of ether oxygens (including phenoxy) is 1. The van der Waals surface area contributed by atoms with E-state index in [1.807, 2.05) is 19.2 Å². The van der Waals surface area contributed by atoms with Gasteiger partial charge < -0.3 is 9.64 Å². The van der Waals surface area contributed by atoms with E-state index < -0.39 is 0 Å². The van der Waals surface area contributed by atoms with Crippen LogP contribution in [0.5, 0.6) is 0 Å². The number of carbonyl (C=O) groups excluding carboxylic acids is 1. The number of aryl methyl sites for hydroxylation is 1. The van der Waals surface area contributed by atoms with Crippen LogP contribution in [0.2, 0.25) is 5.02 Å². The Balaban J connectivity index is 1.50. The van der Waals surface area contributed by atoms with Gasteiger partial charge in [0.1, 0.15) is 18.8 Å². The highest BCUT2D eigenvalue weighted by atomic mass is 35.5. The molecule has 0 saturated carbocycles. The first-order valence-corrected chi connectivity index (χ1v) is 8.94. The summed E-state index contributed by atoms with van der Waals surface area (Å²) < 4.78 is 6.75. The van der Waals surface area contributed by atoms with Crippen molar-refractivity contribution in [2.75, 3.05) is 11.9 Å². The van der Waals surface area contributed by atoms with E-state index in [-0.39, 0.29) is 19.1 Å². The summed E-state index contributed by atoms with van der Waals surface area (Å²) in [6.07, 6.45) is 1.76. The average molecular weight is 385 g/mol. The van der Waals surface area contributed by atoms with Crippen LogP contribution >= 0.6 is 11.6 Å². The molecule has 2 aromatic carbocycles. The first-order chi connectivity index (χ1) is 13.0. The number of hydrogen-bond donors (Lipinski definition) is 0. The Kier molecular flexibility index (Phi) is 6.08. The normalized spacial score (nSPS) is 10.6. The molecule has 3 aromatic rings. The molecule has 0 aliphatic rings. The Bertz CT molecular complexity index is 891. The van der Waals surface area contributed by atoms with Crippen LogP contribution in [-0.4, -0.2) is 28.0 Å². The molecule has 3 rings (SSSR count). The second-order valence-electron chi connectivity index (χ2n) is 6.39. The van der Waals surface area contributed by atoms with Crippen LogP contribution in [0.1, 0.15) is 16.8 Å². The minimum Gasteiger partial charge on any atom is -0.459 e. The van der Waals surface area contributed by atoms with Crippen LogP contribution < -0.4 is 4.90 Å². The minimum absolute atomic E-state index is 0.0227. The fraction of sp³-hybridized carbons (Fsp3) is 0.250. The van der Waals surface area contributed by atoms with Crippen molar-refractivity contribution in [1.29, 1.82) is 0 Å². The number of aromatic nitrogens is 3. The van der Waals surface area contributed by atoms with Gasteiger partial charge in [-0.3, -0.25) is 4.79 Å². The summed E-state index contributed by atoms with van der Waals surface area (Å²) in [5.74, 6) is -0.367. The number of hydrogen-bond acceptors (Lipinski definition) is 5. The number of benzene rings is 2. The third-order valence-electron chi connectivity index (χ3n) is 4.06. The van der Waals surface area contributed by atoms with Crippen molar-refractivity contribution in [3.05, 3.63) is 76.6 Å². The van der Waals surface area contributed by atoms with E-state index in [1.165, 1.54) is 10.2 Å². The second kappa shape index (κ2) is 8.68. The van der Waals surface area contributed by atoms with Crippen molar-refractivity contribution in [3.63, 3.8) is 0 Å². The number of carbonyl (C=O) groups is 1. The van der Waals surface area contributed by atoms with Gasteiger partial charge in [0.2, 0.25) is 0 Å². The molecule has 0 N–H and O–H groups in total. The van der Waals surface area contributed by atoms with Crippen molar-refractivity contribution < 1.29 is 9.53 Å². The zero-order valence-corrected chi connectivity index (χ0v) is 16.1. The van der Waals surface area contributed by atoms with Gasteiger partial charge in [-0.05, 0) is 36.8 Å². The van der Waals surface area contributed by atoms with Crippen molar-refractivity contribution in [3.8, 4) is 0 Å².